The van der Waals surface area contributed by atoms with Gasteiger partial charge in [0.15, 0.2) is 5.11 Å². The minimum absolute atomic E-state index is 0.0310. The molecule has 0 aliphatic rings. The molecule has 0 aromatic heterocycles. The van der Waals surface area contributed by atoms with Crippen molar-refractivity contribution in [3.8, 4) is 5.75 Å². The van der Waals surface area contributed by atoms with Crippen LogP contribution in [0, 0.1) is 0 Å². The Labute approximate surface area is 174 Å². The van der Waals surface area contributed by atoms with Gasteiger partial charge in [0, 0.05) is 13.1 Å². The Morgan fingerprint density at radius 3 is 2.39 bits per heavy atom. The van der Waals surface area contributed by atoms with Crippen molar-refractivity contribution < 1.29 is 17.9 Å². The van der Waals surface area contributed by atoms with Crippen LogP contribution in [0.1, 0.15) is 52.0 Å². The summed E-state index contributed by atoms with van der Waals surface area (Å²) >= 11 is 5.39. The fourth-order valence-corrected chi connectivity index (χ4v) is 3.59. The minimum Gasteiger partial charge on any atom is -0.492 e. The van der Waals surface area contributed by atoms with E-state index in [0.717, 1.165) is 25.7 Å². The van der Waals surface area contributed by atoms with Gasteiger partial charge in [-0.1, -0.05) is 32.8 Å². The molecule has 0 radical (unpaired) electrons. The maximum absolute atomic E-state index is 13.1. The second kappa shape index (κ2) is 12.5. The Bertz CT molecular complexity index is 795. The van der Waals surface area contributed by atoms with E-state index in [1.165, 1.54) is 0 Å². The number of rotatable bonds is 10. The van der Waals surface area contributed by atoms with Gasteiger partial charge in [-0.3, -0.25) is 9.69 Å². The number of hydrogen-bond acceptors (Lipinski definition) is 6. The van der Waals surface area contributed by atoms with Crippen LogP contribution in [-0.4, -0.2) is 44.0 Å². The lowest BCUT2D eigenvalue weighted by atomic mass is 10.0. The van der Waals surface area contributed by atoms with E-state index in [2.05, 4.69) is 23.5 Å². The Morgan fingerprint density at radius 2 is 1.89 bits per heavy atom. The number of thiocarbonyl (C=S) groups is 1. The molecule has 0 spiro atoms. The molecule has 0 fully saturated rings. The third-order valence-corrected chi connectivity index (χ3v) is 4.91. The number of carbonyl (C=O) groups excluding carboxylic acids is 1. The number of hydrogen-bond donors (Lipinski definition) is 1. The van der Waals surface area contributed by atoms with Crippen molar-refractivity contribution in [2.45, 2.75) is 58.9 Å². The molecule has 1 aromatic rings. The standard InChI is InChI=1S/C19H29N3O4S2/c1-5-8-15(9-6-2)22(19(27)20-4)18(23)13-14-10-11-17(26-7-3)16(12-14)21-28(24)25/h10-12,15H,5-9,13H2,1-4H3,(H,20,27). The van der Waals surface area contributed by atoms with E-state index in [1.54, 1.807) is 37.1 Å². The van der Waals surface area contributed by atoms with Crippen LogP contribution in [0.5, 0.6) is 5.75 Å². The summed E-state index contributed by atoms with van der Waals surface area (Å²) in [7, 11) is -0.909. The molecule has 1 N–H and O–H groups in total. The van der Waals surface area contributed by atoms with Gasteiger partial charge in [0.2, 0.25) is 5.91 Å². The predicted molar refractivity (Wildman–Crippen MR) is 114 cm³/mol. The molecule has 0 heterocycles. The molecule has 1 aromatic carbocycles. The second-order valence-electron chi connectivity index (χ2n) is 6.27. The van der Waals surface area contributed by atoms with Crippen molar-refractivity contribution in [3.63, 3.8) is 0 Å². The van der Waals surface area contributed by atoms with Crippen LogP contribution >= 0.6 is 12.2 Å². The molecule has 0 saturated heterocycles. The normalized spacial score (nSPS) is 10.5. The molecule has 156 valence electrons. The Hall–Kier alpha value is -2.00. The molecule has 0 saturated carbocycles. The first-order chi connectivity index (χ1) is 13.4. The zero-order chi connectivity index (χ0) is 21.1. The third kappa shape index (κ3) is 7.20. The van der Waals surface area contributed by atoms with Crippen LogP contribution in [0.2, 0.25) is 0 Å². The van der Waals surface area contributed by atoms with Crippen LogP contribution in [0.25, 0.3) is 0 Å². The first-order valence-corrected chi connectivity index (χ1v) is 10.9. The van der Waals surface area contributed by atoms with Crippen molar-refractivity contribution in [1.82, 2.24) is 10.2 Å². The summed E-state index contributed by atoms with van der Waals surface area (Å²) in [6, 6.07) is 4.97. The van der Waals surface area contributed by atoms with Gasteiger partial charge in [-0.05, 0) is 49.7 Å². The molecule has 1 rings (SSSR count). The quantitative estimate of drug-likeness (QED) is 0.574. The number of amides is 1. The summed E-state index contributed by atoms with van der Waals surface area (Å²) in [5.41, 5.74) is 0.829. The van der Waals surface area contributed by atoms with Gasteiger partial charge in [-0.25, -0.2) is 0 Å². The number of ether oxygens (including phenoxy) is 1. The highest BCUT2D eigenvalue weighted by Crippen LogP contribution is 2.29. The molecule has 0 aliphatic carbocycles. The number of nitrogens with zero attached hydrogens (tertiary/aromatic N) is 2. The van der Waals surface area contributed by atoms with Gasteiger partial charge in [0.1, 0.15) is 11.4 Å². The van der Waals surface area contributed by atoms with Gasteiger partial charge < -0.3 is 10.1 Å². The first kappa shape index (κ1) is 24.0. The molecule has 9 heteroatoms. The van der Waals surface area contributed by atoms with Crippen LogP contribution in [0.4, 0.5) is 5.69 Å². The molecule has 7 nitrogen and oxygen atoms in total. The summed E-state index contributed by atoms with van der Waals surface area (Å²) in [6.07, 6.45) is 3.71. The maximum atomic E-state index is 13.1. The van der Waals surface area contributed by atoms with Crippen LogP contribution < -0.4 is 10.1 Å². The Balaban J connectivity index is 3.19. The van der Waals surface area contributed by atoms with E-state index in [1.807, 2.05) is 0 Å². The third-order valence-electron chi connectivity index (χ3n) is 4.16. The predicted octanol–water partition coefficient (Wildman–Crippen LogP) is 3.62. The highest BCUT2D eigenvalue weighted by atomic mass is 32.2. The summed E-state index contributed by atoms with van der Waals surface area (Å²) in [4.78, 5) is 14.7. The van der Waals surface area contributed by atoms with Crippen LogP contribution in [0.15, 0.2) is 22.6 Å². The van der Waals surface area contributed by atoms with E-state index < -0.39 is 10.5 Å². The van der Waals surface area contributed by atoms with Crippen LogP contribution in [0.3, 0.4) is 0 Å². The van der Waals surface area contributed by atoms with Crippen molar-refractivity contribution in [3.05, 3.63) is 23.8 Å². The molecule has 1 amide bonds. The topological polar surface area (TPSA) is 88.1 Å². The lowest BCUT2D eigenvalue weighted by Gasteiger charge is -2.32. The van der Waals surface area contributed by atoms with Crippen molar-refractivity contribution in [2.24, 2.45) is 4.36 Å². The molecule has 28 heavy (non-hydrogen) atoms. The Kier molecular flexibility index (Phi) is 10.7. The van der Waals surface area contributed by atoms with Crippen LogP contribution in [-0.2, 0) is 21.7 Å². The van der Waals surface area contributed by atoms with Gasteiger partial charge in [0.05, 0.1) is 13.0 Å². The average Bonchev–Trinajstić information content (AvgIpc) is 2.64. The molecule has 0 bridgehead atoms. The fraction of sp³-hybridized carbons (Fsp3) is 0.579. The average molecular weight is 428 g/mol. The lowest BCUT2D eigenvalue weighted by molar-refractivity contribution is -0.128. The highest BCUT2D eigenvalue weighted by molar-refractivity contribution is 7.80. The SMILES string of the molecule is CCCC(CCC)N(C(=O)Cc1ccc(OCC)c(N=S(=O)=O)c1)C(=S)NC. The van der Waals surface area contributed by atoms with E-state index >= 15 is 0 Å². The van der Waals surface area contributed by atoms with Gasteiger partial charge in [-0.2, -0.15) is 8.42 Å². The number of carbonyl (C=O) groups is 1. The monoisotopic (exact) mass is 427 g/mol. The van der Waals surface area contributed by atoms with E-state index in [9.17, 15) is 13.2 Å². The largest absolute Gasteiger partial charge is 0.492 e. The van der Waals surface area contributed by atoms with Crippen molar-refractivity contribution >= 4 is 39.4 Å². The van der Waals surface area contributed by atoms with Gasteiger partial charge >= 0.3 is 10.5 Å². The van der Waals surface area contributed by atoms with E-state index in [4.69, 9.17) is 17.0 Å². The van der Waals surface area contributed by atoms with E-state index in [-0.39, 0.29) is 24.1 Å². The highest BCUT2D eigenvalue weighted by Gasteiger charge is 2.26. The summed E-state index contributed by atoms with van der Waals surface area (Å²) in [5, 5.41) is 3.31. The smallest absolute Gasteiger partial charge is 0.316 e. The number of benzene rings is 1. The fourth-order valence-electron chi connectivity index (χ4n) is 3.03. The molecule has 0 unspecified atom stereocenters. The summed E-state index contributed by atoms with van der Waals surface area (Å²) in [6.45, 7) is 6.34. The van der Waals surface area contributed by atoms with Crippen molar-refractivity contribution in [2.75, 3.05) is 13.7 Å². The molecular weight excluding hydrogens is 398 g/mol. The molecular formula is C19H29N3O4S2. The Morgan fingerprint density at radius 1 is 1.25 bits per heavy atom. The zero-order valence-corrected chi connectivity index (χ0v) is 18.5. The van der Waals surface area contributed by atoms with E-state index in [0.29, 0.717) is 23.0 Å². The van der Waals surface area contributed by atoms with Gasteiger partial charge in [0.25, 0.3) is 0 Å². The number of nitrogens with one attached hydrogen (secondary N) is 1. The summed E-state index contributed by atoms with van der Waals surface area (Å²) < 4.78 is 31.0. The first-order valence-electron chi connectivity index (χ1n) is 9.48. The minimum atomic E-state index is -2.61. The maximum Gasteiger partial charge on any atom is 0.316 e. The van der Waals surface area contributed by atoms with Crippen molar-refractivity contribution in [1.29, 1.82) is 0 Å². The summed E-state index contributed by atoms with van der Waals surface area (Å²) in [5.74, 6) is 0.227. The second-order valence-corrected chi connectivity index (χ2v) is 7.27. The lowest BCUT2D eigenvalue weighted by Crippen LogP contribution is -2.49. The zero-order valence-electron chi connectivity index (χ0n) is 16.9. The van der Waals surface area contributed by atoms with Gasteiger partial charge in [-0.15, -0.1) is 4.36 Å². The molecule has 0 aliphatic heterocycles. The molecule has 0 atom stereocenters.